The minimum Gasteiger partial charge on any atom is -0.463 e. The molecule has 0 radical (unpaired) electrons. The third-order valence-electron chi connectivity index (χ3n) is 3.83. The van der Waals surface area contributed by atoms with Crippen LogP contribution in [0.1, 0.15) is 25.3 Å². The average Bonchev–Trinajstić information content (AvgIpc) is 2.92. The SMILES string of the molecule is CCCCOc1nc(N)c2[nH]c(=O)n(Cc3cccc([P+](=O)O)c3)c2n1. The largest absolute Gasteiger partial charge is 0.546 e. The molecule has 10 heteroatoms. The van der Waals surface area contributed by atoms with E-state index in [0.29, 0.717) is 28.6 Å². The lowest BCUT2D eigenvalue weighted by Crippen LogP contribution is -2.18. The summed E-state index contributed by atoms with van der Waals surface area (Å²) in [5, 5.41) is 0.295. The zero-order chi connectivity index (χ0) is 18.7. The monoisotopic (exact) mass is 376 g/mol. The van der Waals surface area contributed by atoms with E-state index in [1.165, 1.54) is 4.57 Å². The number of aromatic amines is 1. The molecule has 1 atom stereocenters. The lowest BCUT2D eigenvalue weighted by atomic mass is 10.2. The van der Waals surface area contributed by atoms with Crippen LogP contribution in [0.2, 0.25) is 0 Å². The van der Waals surface area contributed by atoms with Crippen molar-refractivity contribution < 1.29 is 14.2 Å². The molecule has 0 amide bonds. The molecule has 0 aliphatic heterocycles. The van der Waals surface area contributed by atoms with E-state index in [9.17, 15) is 14.3 Å². The first-order chi connectivity index (χ1) is 12.5. The van der Waals surface area contributed by atoms with Gasteiger partial charge in [-0.3, -0.25) is 4.57 Å². The Bertz CT molecular complexity index is 1010. The summed E-state index contributed by atoms with van der Waals surface area (Å²) in [5.74, 6) is 0.129. The van der Waals surface area contributed by atoms with Crippen LogP contribution in [0, 0.1) is 0 Å². The zero-order valence-electron chi connectivity index (χ0n) is 14.2. The van der Waals surface area contributed by atoms with Crippen molar-refractivity contribution in [1.29, 1.82) is 0 Å². The van der Waals surface area contributed by atoms with E-state index in [2.05, 4.69) is 15.0 Å². The number of aromatic nitrogens is 4. The van der Waals surface area contributed by atoms with Gasteiger partial charge in [-0.25, -0.2) is 4.79 Å². The molecule has 0 saturated carbocycles. The fourth-order valence-electron chi connectivity index (χ4n) is 2.51. The maximum absolute atomic E-state index is 12.3. The maximum atomic E-state index is 12.3. The number of imidazole rings is 1. The number of nitrogens with zero attached hydrogens (tertiary/aromatic N) is 3. The van der Waals surface area contributed by atoms with Crippen molar-refractivity contribution in [3.05, 3.63) is 40.3 Å². The Labute approximate surface area is 149 Å². The molecule has 1 unspecified atom stereocenters. The standard InChI is InChI=1S/C16H18N5O4P/c1-2-3-7-25-15-19-13(17)12-14(20-15)21(16(22)18-12)9-10-5-4-6-11(8-10)26(23)24/h4-6,8H,2-3,7,9H2,1H3,(H3-,17,18,19,20,22,23,24)/p+1. The molecule has 0 spiro atoms. The molecular weight excluding hydrogens is 357 g/mol. The van der Waals surface area contributed by atoms with Crippen LogP contribution in [0.15, 0.2) is 29.1 Å². The number of fused-ring (bicyclic) bond motifs is 1. The van der Waals surface area contributed by atoms with Gasteiger partial charge < -0.3 is 15.5 Å². The van der Waals surface area contributed by atoms with Crippen LogP contribution in [-0.2, 0) is 11.1 Å². The molecule has 2 aromatic heterocycles. The minimum absolute atomic E-state index is 0.114. The number of H-pyrrole nitrogens is 1. The van der Waals surface area contributed by atoms with Gasteiger partial charge in [0.2, 0.25) is 5.30 Å². The van der Waals surface area contributed by atoms with E-state index < -0.39 is 13.7 Å². The van der Waals surface area contributed by atoms with E-state index in [4.69, 9.17) is 10.5 Å². The topological polar surface area (TPSA) is 136 Å². The van der Waals surface area contributed by atoms with Gasteiger partial charge in [-0.05, 0) is 28.7 Å². The highest BCUT2D eigenvalue weighted by Gasteiger charge is 2.18. The Morgan fingerprint density at radius 1 is 1.38 bits per heavy atom. The Morgan fingerprint density at radius 3 is 2.92 bits per heavy atom. The molecular formula is C16H19N5O4P+. The summed E-state index contributed by atoms with van der Waals surface area (Å²) in [5.41, 5.74) is 6.87. The predicted octanol–water partition coefficient (Wildman–Crippen LogP) is 1.29. The number of rotatable bonds is 7. The van der Waals surface area contributed by atoms with Crippen LogP contribution >= 0.6 is 8.03 Å². The molecule has 2 heterocycles. The minimum atomic E-state index is -2.45. The lowest BCUT2D eigenvalue weighted by molar-refractivity contribution is 0.286. The fraction of sp³-hybridized carbons (Fsp3) is 0.312. The quantitative estimate of drug-likeness (QED) is 0.417. The molecule has 0 saturated heterocycles. The molecule has 3 rings (SSSR count). The highest BCUT2D eigenvalue weighted by atomic mass is 31.1. The van der Waals surface area contributed by atoms with Gasteiger partial charge in [-0.1, -0.05) is 25.5 Å². The number of hydrogen-bond acceptors (Lipinski definition) is 6. The first kappa shape index (κ1) is 18.0. The smallest absolute Gasteiger partial charge is 0.463 e. The van der Waals surface area contributed by atoms with Crippen LogP contribution in [-0.4, -0.2) is 31.0 Å². The molecule has 26 heavy (non-hydrogen) atoms. The van der Waals surface area contributed by atoms with Gasteiger partial charge in [0, 0.05) is 0 Å². The molecule has 0 aliphatic rings. The molecule has 4 N–H and O–H groups in total. The number of hydrogen-bond donors (Lipinski definition) is 3. The highest BCUT2D eigenvalue weighted by Crippen LogP contribution is 2.19. The van der Waals surface area contributed by atoms with Crippen molar-refractivity contribution in [2.45, 2.75) is 26.3 Å². The fourth-order valence-corrected chi connectivity index (χ4v) is 3.00. The molecule has 0 bridgehead atoms. The van der Waals surface area contributed by atoms with Crippen LogP contribution < -0.4 is 21.5 Å². The lowest BCUT2D eigenvalue weighted by Gasteiger charge is -2.06. The first-order valence-corrected chi connectivity index (χ1v) is 9.34. The summed E-state index contributed by atoms with van der Waals surface area (Å²) in [7, 11) is -2.45. The van der Waals surface area contributed by atoms with Gasteiger partial charge in [0.05, 0.1) is 13.2 Å². The molecule has 3 aromatic rings. The zero-order valence-corrected chi connectivity index (χ0v) is 15.1. The van der Waals surface area contributed by atoms with Crippen molar-refractivity contribution in [1.82, 2.24) is 19.5 Å². The summed E-state index contributed by atoms with van der Waals surface area (Å²) in [6.45, 7) is 2.67. The van der Waals surface area contributed by atoms with Crippen LogP contribution in [0.3, 0.4) is 0 Å². The van der Waals surface area contributed by atoms with Crippen molar-refractivity contribution in [3.8, 4) is 6.01 Å². The second-order valence-electron chi connectivity index (χ2n) is 5.75. The second-order valence-corrected chi connectivity index (χ2v) is 6.81. The number of unbranched alkanes of at least 4 members (excludes halogenated alkanes) is 1. The van der Waals surface area contributed by atoms with E-state index in [0.717, 1.165) is 12.8 Å². The normalized spacial score (nSPS) is 11.7. The highest BCUT2D eigenvalue weighted by molar-refractivity contribution is 7.47. The summed E-state index contributed by atoms with van der Waals surface area (Å²) < 4.78 is 18.2. The van der Waals surface area contributed by atoms with E-state index in [1.54, 1.807) is 24.3 Å². The summed E-state index contributed by atoms with van der Waals surface area (Å²) in [4.78, 5) is 32.6. The summed E-state index contributed by atoms with van der Waals surface area (Å²) in [6.07, 6.45) is 1.82. The third-order valence-corrected chi connectivity index (χ3v) is 4.55. The van der Waals surface area contributed by atoms with E-state index in [1.807, 2.05) is 6.92 Å². The van der Waals surface area contributed by atoms with Crippen molar-refractivity contribution in [3.63, 3.8) is 0 Å². The van der Waals surface area contributed by atoms with Crippen LogP contribution in [0.25, 0.3) is 11.2 Å². The van der Waals surface area contributed by atoms with Gasteiger partial charge in [0.1, 0.15) is 5.52 Å². The number of anilines is 1. The summed E-state index contributed by atoms with van der Waals surface area (Å²) >= 11 is 0. The second kappa shape index (κ2) is 7.63. The van der Waals surface area contributed by atoms with E-state index >= 15 is 0 Å². The molecule has 9 nitrogen and oxygen atoms in total. The average molecular weight is 376 g/mol. The number of nitrogens with one attached hydrogen (secondary N) is 1. The molecule has 0 fully saturated rings. The van der Waals surface area contributed by atoms with E-state index in [-0.39, 0.29) is 18.4 Å². The van der Waals surface area contributed by atoms with Crippen LogP contribution in [0.4, 0.5) is 5.82 Å². The van der Waals surface area contributed by atoms with Crippen molar-refractivity contribution in [2.24, 2.45) is 0 Å². The Balaban J connectivity index is 1.99. The number of nitrogens with two attached hydrogens (primary N) is 1. The number of ether oxygens (including phenoxy) is 1. The molecule has 136 valence electrons. The molecule has 1 aromatic carbocycles. The Hall–Kier alpha value is -2.77. The van der Waals surface area contributed by atoms with Gasteiger partial charge in [0.25, 0.3) is 0 Å². The first-order valence-electron chi connectivity index (χ1n) is 8.13. The number of benzene rings is 1. The van der Waals surface area contributed by atoms with Gasteiger partial charge in [0.15, 0.2) is 11.5 Å². The predicted molar refractivity (Wildman–Crippen MR) is 98.0 cm³/mol. The Kier molecular flexibility index (Phi) is 5.29. The van der Waals surface area contributed by atoms with Crippen molar-refractivity contribution in [2.75, 3.05) is 12.3 Å². The third kappa shape index (κ3) is 3.74. The van der Waals surface area contributed by atoms with Crippen molar-refractivity contribution >= 4 is 30.3 Å². The van der Waals surface area contributed by atoms with Gasteiger partial charge in [-0.15, -0.1) is 0 Å². The van der Waals surface area contributed by atoms with Gasteiger partial charge in [-0.2, -0.15) is 14.9 Å². The summed E-state index contributed by atoms with van der Waals surface area (Å²) in [6, 6.07) is 6.67. The Morgan fingerprint density at radius 2 is 2.19 bits per heavy atom. The van der Waals surface area contributed by atoms with Crippen LogP contribution in [0.5, 0.6) is 6.01 Å². The molecule has 0 aliphatic carbocycles. The maximum Gasteiger partial charge on any atom is 0.546 e. The van der Waals surface area contributed by atoms with Gasteiger partial charge >= 0.3 is 19.7 Å². The number of nitrogen functional groups attached to an aromatic ring is 1.